The number of piperidine rings is 1. The molecule has 0 bridgehead atoms. The summed E-state index contributed by atoms with van der Waals surface area (Å²) in [7, 11) is 4.21. The number of carbonyl (C=O) groups is 1. The molecule has 160 valence electrons. The predicted molar refractivity (Wildman–Crippen MR) is 118 cm³/mol. The van der Waals surface area contributed by atoms with Gasteiger partial charge in [-0.1, -0.05) is 31.2 Å². The minimum Gasteiger partial charge on any atom is -0.371 e. The van der Waals surface area contributed by atoms with Gasteiger partial charge in [0.05, 0.1) is 30.3 Å². The Kier molecular flexibility index (Phi) is 7.05. The number of amides is 1. The number of hydrogen-bond acceptors (Lipinski definition) is 4. The molecule has 3 rings (SSSR count). The van der Waals surface area contributed by atoms with Crippen LogP contribution in [0.2, 0.25) is 0 Å². The minimum absolute atomic E-state index is 0.0650. The molecule has 30 heavy (non-hydrogen) atoms. The number of quaternary nitrogens is 1. The Morgan fingerprint density at radius 1 is 1.13 bits per heavy atom. The standard InChI is InChI=1S/C23H30N4O3/c1-17-10-12-26(13-11-17)22-9-8-20(27(29)30)14-21(22)23(28)24-15-18-4-6-19(7-5-18)16-25(2)3/h4-9,14,17H,10-13,15-16H2,1-3H3,(H,24,28)/p+1. The van der Waals surface area contributed by atoms with Gasteiger partial charge in [0.2, 0.25) is 0 Å². The average molecular weight is 412 g/mol. The van der Waals surface area contributed by atoms with Crippen LogP contribution < -0.4 is 15.1 Å². The van der Waals surface area contributed by atoms with E-state index < -0.39 is 4.92 Å². The van der Waals surface area contributed by atoms with Gasteiger partial charge in [-0.05, 0) is 30.4 Å². The van der Waals surface area contributed by atoms with Crippen LogP contribution >= 0.6 is 0 Å². The number of hydrogen-bond donors (Lipinski definition) is 2. The number of nitro groups is 1. The number of non-ortho nitro benzene ring substituents is 1. The normalized spacial score (nSPS) is 14.7. The van der Waals surface area contributed by atoms with E-state index >= 15 is 0 Å². The number of nitrogens with one attached hydrogen (secondary N) is 2. The number of benzene rings is 2. The Balaban J connectivity index is 1.74. The molecule has 1 aliphatic rings. The van der Waals surface area contributed by atoms with Crippen molar-refractivity contribution in [3.05, 3.63) is 69.3 Å². The van der Waals surface area contributed by atoms with Crippen molar-refractivity contribution in [2.24, 2.45) is 5.92 Å². The summed E-state index contributed by atoms with van der Waals surface area (Å²) in [5.74, 6) is 0.378. The van der Waals surface area contributed by atoms with Gasteiger partial charge in [0, 0.05) is 37.3 Å². The minimum atomic E-state index is -0.454. The first-order valence-corrected chi connectivity index (χ1v) is 10.5. The van der Waals surface area contributed by atoms with Gasteiger partial charge in [-0.25, -0.2) is 0 Å². The van der Waals surface area contributed by atoms with Crippen LogP contribution in [0, 0.1) is 16.0 Å². The van der Waals surface area contributed by atoms with E-state index in [1.807, 2.05) is 12.1 Å². The maximum atomic E-state index is 13.0. The van der Waals surface area contributed by atoms with Crippen LogP contribution in [0.25, 0.3) is 0 Å². The number of nitro benzene ring substituents is 1. The van der Waals surface area contributed by atoms with Gasteiger partial charge in [-0.3, -0.25) is 14.9 Å². The third-order valence-electron chi connectivity index (χ3n) is 5.59. The zero-order valence-corrected chi connectivity index (χ0v) is 18.0. The van der Waals surface area contributed by atoms with Gasteiger partial charge < -0.3 is 15.1 Å². The molecule has 0 unspecified atom stereocenters. The highest BCUT2D eigenvalue weighted by Crippen LogP contribution is 2.29. The molecule has 2 aromatic carbocycles. The van der Waals surface area contributed by atoms with Crippen LogP contribution in [0.1, 0.15) is 41.3 Å². The Labute approximate surface area is 177 Å². The third kappa shape index (κ3) is 5.57. The van der Waals surface area contributed by atoms with Crippen LogP contribution in [0.3, 0.4) is 0 Å². The van der Waals surface area contributed by atoms with E-state index in [0.29, 0.717) is 18.0 Å². The molecule has 0 spiro atoms. The highest BCUT2D eigenvalue weighted by atomic mass is 16.6. The van der Waals surface area contributed by atoms with Crippen LogP contribution in [0.5, 0.6) is 0 Å². The molecule has 7 heteroatoms. The molecule has 1 fully saturated rings. The van der Waals surface area contributed by atoms with Crippen molar-refractivity contribution >= 4 is 17.3 Å². The van der Waals surface area contributed by atoms with Crippen molar-refractivity contribution < 1.29 is 14.6 Å². The molecular weight excluding hydrogens is 380 g/mol. The average Bonchev–Trinajstić information content (AvgIpc) is 2.73. The molecule has 1 amide bonds. The molecule has 1 heterocycles. The number of rotatable bonds is 7. The maximum absolute atomic E-state index is 13.0. The monoisotopic (exact) mass is 411 g/mol. The zero-order chi connectivity index (χ0) is 21.7. The molecule has 0 aliphatic carbocycles. The van der Waals surface area contributed by atoms with E-state index in [1.54, 1.807) is 6.07 Å². The zero-order valence-electron chi connectivity index (χ0n) is 18.0. The number of carbonyl (C=O) groups excluding carboxylic acids is 1. The first kappa shape index (κ1) is 21.8. The fraction of sp³-hybridized carbons (Fsp3) is 0.435. The lowest BCUT2D eigenvalue weighted by atomic mass is 9.98. The second-order valence-electron chi connectivity index (χ2n) is 8.51. The molecule has 2 N–H and O–H groups in total. The topological polar surface area (TPSA) is 79.9 Å². The Morgan fingerprint density at radius 2 is 1.77 bits per heavy atom. The highest BCUT2D eigenvalue weighted by Gasteiger charge is 2.23. The van der Waals surface area contributed by atoms with Gasteiger partial charge in [-0.15, -0.1) is 0 Å². The van der Waals surface area contributed by atoms with Crippen LogP contribution in [0.4, 0.5) is 11.4 Å². The molecule has 0 saturated carbocycles. The summed E-state index contributed by atoms with van der Waals surface area (Å²) < 4.78 is 0. The lowest BCUT2D eigenvalue weighted by molar-refractivity contribution is -0.872. The maximum Gasteiger partial charge on any atom is 0.270 e. The van der Waals surface area contributed by atoms with E-state index in [2.05, 4.69) is 43.4 Å². The van der Waals surface area contributed by atoms with Crippen LogP contribution in [-0.2, 0) is 13.1 Å². The Bertz CT molecular complexity index is 888. The van der Waals surface area contributed by atoms with Gasteiger partial charge in [-0.2, -0.15) is 0 Å². The molecular formula is C23H31N4O3+. The Morgan fingerprint density at radius 3 is 2.37 bits per heavy atom. The summed E-state index contributed by atoms with van der Waals surface area (Å²) >= 11 is 0. The first-order chi connectivity index (χ1) is 14.3. The van der Waals surface area contributed by atoms with Gasteiger partial charge in [0.25, 0.3) is 11.6 Å². The lowest BCUT2D eigenvalue weighted by Crippen LogP contribution is -3.04. The molecule has 0 radical (unpaired) electrons. The smallest absolute Gasteiger partial charge is 0.270 e. The molecule has 0 atom stereocenters. The van der Waals surface area contributed by atoms with Crippen molar-refractivity contribution in [3.63, 3.8) is 0 Å². The second-order valence-corrected chi connectivity index (χ2v) is 8.51. The van der Waals surface area contributed by atoms with E-state index in [4.69, 9.17) is 0 Å². The first-order valence-electron chi connectivity index (χ1n) is 10.5. The van der Waals surface area contributed by atoms with Crippen LogP contribution in [-0.4, -0.2) is 38.0 Å². The van der Waals surface area contributed by atoms with E-state index in [0.717, 1.165) is 43.7 Å². The third-order valence-corrected chi connectivity index (χ3v) is 5.59. The summed E-state index contributed by atoms with van der Waals surface area (Å²) in [6.07, 6.45) is 2.11. The SMILES string of the molecule is CC1CCN(c2ccc([N+](=O)[O-])cc2C(=O)NCc2ccc(C[NH+](C)C)cc2)CC1. The van der Waals surface area contributed by atoms with Gasteiger partial charge in [0.1, 0.15) is 6.54 Å². The largest absolute Gasteiger partial charge is 0.371 e. The fourth-order valence-electron chi connectivity index (χ4n) is 3.81. The van der Waals surface area contributed by atoms with Crippen molar-refractivity contribution in [2.75, 3.05) is 32.1 Å². The van der Waals surface area contributed by atoms with Gasteiger partial charge in [0.15, 0.2) is 0 Å². The quantitative estimate of drug-likeness (QED) is 0.542. The lowest BCUT2D eigenvalue weighted by Gasteiger charge is -2.33. The van der Waals surface area contributed by atoms with Gasteiger partial charge >= 0.3 is 0 Å². The highest BCUT2D eigenvalue weighted by molar-refractivity contribution is 6.00. The molecule has 2 aromatic rings. The summed E-state index contributed by atoms with van der Waals surface area (Å²) in [4.78, 5) is 27.3. The van der Waals surface area contributed by atoms with Crippen molar-refractivity contribution in [1.82, 2.24) is 5.32 Å². The molecule has 1 saturated heterocycles. The van der Waals surface area contributed by atoms with E-state index in [-0.39, 0.29) is 11.6 Å². The summed E-state index contributed by atoms with van der Waals surface area (Å²) in [6, 6.07) is 12.8. The number of anilines is 1. The number of nitrogens with zero attached hydrogens (tertiary/aromatic N) is 2. The fourth-order valence-corrected chi connectivity index (χ4v) is 3.81. The Hall–Kier alpha value is -2.93. The summed E-state index contributed by atoms with van der Waals surface area (Å²) in [6.45, 7) is 5.26. The molecule has 1 aliphatic heterocycles. The second kappa shape index (κ2) is 9.71. The molecule has 7 nitrogen and oxygen atoms in total. The molecule has 0 aromatic heterocycles. The van der Waals surface area contributed by atoms with E-state index in [1.165, 1.54) is 22.6 Å². The van der Waals surface area contributed by atoms with Crippen molar-refractivity contribution in [2.45, 2.75) is 32.9 Å². The summed E-state index contributed by atoms with van der Waals surface area (Å²) in [5, 5.41) is 14.2. The van der Waals surface area contributed by atoms with Crippen molar-refractivity contribution in [1.29, 1.82) is 0 Å². The summed E-state index contributed by atoms with van der Waals surface area (Å²) in [5.41, 5.74) is 3.32. The van der Waals surface area contributed by atoms with E-state index in [9.17, 15) is 14.9 Å². The predicted octanol–water partition coefficient (Wildman–Crippen LogP) is 2.41. The van der Waals surface area contributed by atoms with Crippen LogP contribution in [0.15, 0.2) is 42.5 Å². The van der Waals surface area contributed by atoms with Crippen molar-refractivity contribution in [3.8, 4) is 0 Å².